The molecule has 0 saturated heterocycles. The minimum Gasteiger partial charge on any atom is -0.493 e. The number of ether oxygens (including phenoxy) is 1. The summed E-state index contributed by atoms with van der Waals surface area (Å²) < 4.78 is 37.0. The van der Waals surface area contributed by atoms with Crippen molar-refractivity contribution in [2.75, 3.05) is 18.5 Å². The molecule has 2 aromatic rings. The fourth-order valence-corrected chi connectivity index (χ4v) is 2.91. The maximum atomic E-state index is 11.8. The first kappa shape index (κ1) is 19.7. The first-order chi connectivity index (χ1) is 12.3. The fourth-order valence-electron chi connectivity index (χ4n) is 2.38. The maximum Gasteiger partial charge on any atom is 0.319 e. The number of nitrogens with one attached hydrogen (secondary N) is 2. The number of carbonyl (C=O) groups excluding carboxylic acids is 1. The summed E-state index contributed by atoms with van der Waals surface area (Å²) in [7, 11) is -4.31. The number of aryl methyl sites for hydroxylation is 2. The molecule has 0 fully saturated rings. The number of rotatable bonds is 7. The second-order valence-electron chi connectivity index (χ2n) is 5.81. The van der Waals surface area contributed by atoms with Crippen molar-refractivity contribution >= 4 is 21.8 Å². The Hall–Kier alpha value is -2.58. The molecule has 0 heterocycles. The van der Waals surface area contributed by atoms with E-state index in [1.807, 2.05) is 32.0 Å². The normalized spacial score (nSPS) is 11.0. The largest absolute Gasteiger partial charge is 0.493 e. The van der Waals surface area contributed by atoms with Crippen LogP contribution < -0.4 is 15.4 Å². The van der Waals surface area contributed by atoms with E-state index < -0.39 is 16.1 Å². The number of para-hydroxylation sites is 1. The Bertz CT molecular complexity index is 861. The summed E-state index contributed by atoms with van der Waals surface area (Å²) in [5.41, 5.74) is 2.40. The van der Waals surface area contributed by atoms with E-state index in [2.05, 4.69) is 10.6 Å². The lowest BCUT2D eigenvalue weighted by Gasteiger charge is -2.12. The van der Waals surface area contributed by atoms with Crippen molar-refractivity contribution in [2.24, 2.45) is 0 Å². The highest BCUT2D eigenvalue weighted by atomic mass is 32.2. The predicted octanol–water partition coefficient (Wildman–Crippen LogP) is 3.14. The van der Waals surface area contributed by atoms with E-state index >= 15 is 0 Å². The van der Waals surface area contributed by atoms with Gasteiger partial charge in [-0.25, -0.2) is 4.79 Å². The summed E-state index contributed by atoms with van der Waals surface area (Å²) in [6, 6.07) is 10.8. The summed E-state index contributed by atoms with van der Waals surface area (Å²) in [4.78, 5) is 11.6. The van der Waals surface area contributed by atoms with E-state index in [4.69, 9.17) is 9.29 Å². The lowest BCUT2D eigenvalue weighted by Crippen LogP contribution is -2.30. The van der Waals surface area contributed by atoms with Crippen LogP contribution in [0.4, 0.5) is 10.5 Å². The van der Waals surface area contributed by atoms with E-state index in [1.54, 1.807) is 0 Å². The molecule has 140 valence electrons. The van der Waals surface area contributed by atoms with Gasteiger partial charge >= 0.3 is 6.03 Å². The molecule has 0 aliphatic heterocycles. The van der Waals surface area contributed by atoms with Gasteiger partial charge in [-0.15, -0.1) is 0 Å². The summed E-state index contributed by atoms with van der Waals surface area (Å²) in [6.07, 6.45) is 0.617. The monoisotopic (exact) mass is 378 g/mol. The van der Waals surface area contributed by atoms with Crippen LogP contribution in [0.3, 0.4) is 0 Å². The van der Waals surface area contributed by atoms with Crippen LogP contribution in [0.15, 0.2) is 47.4 Å². The molecule has 0 bridgehead atoms. The first-order valence-electron chi connectivity index (χ1n) is 8.09. The van der Waals surface area contributed by atoms with Gasteiger partial charge in [0.05, 0.1) is 11.5 Å². The highest BCUT2D eigenvalue weighted by Gasteiger charge is 2.10. The molecule has 0 aliphatic carbocycles. The van der Waals surface area contributed by atoms with Gasteiger partial charge in [0.2, 0.25) is 0 Å². The third-order valence-electron chi connectivity index (χ3n) is 3.65. The van der Waals surface area contributed by atoms with Crippen LogP contribution in [0.25, 0.3) is 0 Å². The van der Waals surface area contributed by atoms with E-state index in [0.29, 0.717) is 19.6 Å². The van der Waals surface area contributed by atoms with Gasteiger partial charge in [0.15, 0.2) is 0 Å². The molecule has 7 nitrogen and oxygen atoms in total. The van der Waals surface area contributed by atoms with Gasteiger partial charge in [0.1, 0.15) is 5.75 Å². The van der Waals surface area contributed by atoms with E-state index in [9.17, 15) is 13.2 Å². The number of amides is 2. The fraction of sp³-hybridized carbons (Fsp3) is 0.278. The maximum absolute atomic E-state index is 11.8. The third kappa shape index (κ3) is 5.75. The molecule has 2 rings (SSSR count). The molecule has 0 radical (unpaired) electrons. The quantitative estimate of drug-likeness (QED) is 0.507. The van der Waals surface area contributed by atoms with Crippen LogP contribution in [-0.4, -0.2) is 32.2 Å². The van der Waals surface area contributed by atoms with Crippen molar-refractivity contribution in [3.8, 4) is 5.75 Å². The van der Waals surface area contributed by atoms with E-state index in [0.717, 1.165) is 16.9 Å². The predicted molar refractivity (Wildman–Crippen MR) is 99.3 cm³/mol. The zero-order valence-corrected chi connectivity index (χ0v) is 15.5. The number of carbonyl (C=O) groups is 1. The molecule has 0 aromatic heterocycles. The molecule has 0 spiro atoms. The van der Waals surface area contributed by atoms with Crippen molar-refractivity contribution in [3.63, 3.8) is 0 Å². The molecule has 3 N–H and O–H groups in total. The van der Waals surface area contributed by atoms with Crippen LogP contribution in [0.2, 0.25) is 0 Å². The zero-order valence-electron chi connectivity index (χ0n) is 14.7. The van der Waals surface area contributed by atoms with Gasteiger partial charge in [-0.3, -0.25) is 4.55 Å². The summed E-state index contributed by atoms with van der Waals surface area (Å²) in [6.45, 7) is 4.82. The molecule has 2 amide bonds. The molecule has 26 heavy (non-hydrogen) atoms. The molecule has 0 atom stereocenters. The number of anilines is 1. The van der Waals surface area contributed by atoms with Gasteiger partial charge < -0.3 is 15.4 Å². The zero-order chi connectivity index (χ0) is 19.2. The Morgan fingerprint density at radius 3 is 2.42 bits per heavy atom. The van der Waals surface area contributed by atoms with E-state index in [1.165, 1.54) is 24.3 Å². The van der Waals surface area contributed by atoms with Gasteiger partial charge in [-0.1, -0.05) is 24.3 Å². The Morgan fingerprint density at radius 1 is 1.12 bits per heavy atom. The SMILES string of the molecule is Cc1cccc(C)c1OCCCNC(=O)Nc1cccc(S(=O)(=O)O)c1. The molecule has 8 heteroatoms. The topological polar surface area (TPSA) is 105 Å². The van der Waals surface area contributed by atoms with Crippen molar-refractivity contribution in [1.82, 2.24) is 5.32 Å². The standard InChI is InChI=1S/C18H22N2O5S/c1-13-6-3-7-14(2)17(13)25-11-5-10-19-18(21)20-15-8-4-9-16(12-15)26(22,23)24/h3-4,6-9,12H,5,10-11H2,1-2H3,(H2,19,20,21)(H,22,23,24). The number of urea groups is 1. The minimum absolute atomic E-state index is 0.268. The van der Waals surface area contributed by atoms with Crippen LogP contribution in [0.5, 0.6) is 5.75 Å². The summed E-state index contributed by atoms with van der Waals surface area (Å²) in [5.74, 6) is 0.860. The van der Waals surface area contributed by atoms with E-state index in [-0.39, 0.29) is 10.6 Å². The molecule has 0 saturated carbocycles. The van der Waals surface area contributed by atoms with Crippen molar-refractivity contribution in [3.05, 3.63) is 53.6 Å². The molecule has 0 unspecified atom stereocenters. The van der Waals surface area contributed by atoms with Crippen molar-refractivity contribution in [1.29, 1.82) is 0 Å². The molecule has 0 aliphatic rings. The summed E-state index contributed by atoms with van der Waals surface area (Å²) >= 11 is 0. The number of hydrogen-bond donors (Lipinski definition) is 3. The average molecular weight is 378 g/mol. The average Bonchev–Trinajstić information content (AvgIpc) is 2.56. The van der Waals surface area contributed by atoms with Crippen LogP contribution in [0.1, 0.15) is 17.5 Å². The Labute approximate surface area is 153 Å². The van der Waals surface area contributed by atoms with Crippen LogP contribution in [-0.2, 0) is 10.1 Å². The number of benzene rings is 2. The third-order valence-corrected chi connectivity index (χ3v) is 4.50. The lowest BCUT2D eigenvalue weighted by atomic mass is 10.1. The lowest BCUT2D eigenvalue weighted by molar-refractivity contribution is 0.250. The molecule has 2 aromatic carbocycles. The van der Waals surface area contributed by atoms with Gasteiger partial charge in [0.25, 0.3) is 10.1 Å². The highest BCUT2D eigenvalue weighted by Crippen LogP contribution is 2.22. The van der Waals surface area contributed by atoms with Crippen LogP contribution >= 0.6 is 0 Å². The van der Waals surface area contributed by atoms with Gasteiger partial charge in [-0.2, -0.15) is 8.42 Å². The minimum atomic E-state index is -4.31. The highest BCUT2D eigenvalue weighted by molar-refractivity contribution is 7.85. The Balaban J connectivity index is 1.76. The Morgan fingerprint density at radius 2 is 1.77 bits per heavy atom. The second kappa shape index (κ2) is 8.68. The summed E-state index contributed by atoms with van der Waals surface area (Å²) in [5, 5.41) is 5.18. The van der Waals surface area contributed by atoms with Crippen molar-refractivity contribution < 1.29 is 22.5 Å². The van der Waals surface area contributed by atoms with Crippen LogP contribution in [0, 0.1) is 13.8 Å². The molecular weight excluding hydrogens is 356 g/mol. The number of hydrogen-bond acceptors (Lipinski definition) is 4. The Kier molecular flexibility index (Phi) is 6.59. The van der Waals surface area contributed by atoms with Gasteiger partial charge in [0, 0.05) is 12.2 Å². The van der Waals surface area contributed by atoms with Gasteiger partial charge in [-0.05, 0) is 49.6 Å². The first-order valence-corrected chi connectivity index (χ1v) is 9.53. The van der Waals surface area contributed by atoms with Crippen molar-refractivity contribution in [2.45, 2.75) is 25.2 Å². The molecular formula is C18H22N2O5S. The smallest absolute Gasteiger partial charge is 0.319 e. The second-order valence-corrected chi connectivity index (χ2v) is 7.23.